The molecule has 0 aliphatic rings. The number of hydrogen-bond donors (Lipinski definition) is 2. The van der Waals surface area contributed by atoms with Crippen molar-refractivity contribution >= 4 is 17.6 Å². The largest absolute Gasteiger partial charge is 0.477 e. The molecule has 0 amide bonds. The smallest absolute Gasteiger partial charge is 0.352 e. The van der Waals surface area contributed by atoms with Crippen LogP contribution in [0, 0.1) is 0 Å². The van der Waals surface area contributed by atoms with Crippen molar-refractivity contribution in [3.05, 3.63) is 65.4 Å². The van der Waals surface area contributed by atoms with Crippen molar-refractivity contribution in [1.29, 1.82) is 0 Å². The van der Waals surface area contributed by atoms with Gasteiger partial charge in [0.1, 0.15) is 5.69 Å². The number of carboxylic acid groups (broad SMARTS) is 1. The maximum Gasteiger partial charge on any atom is 0.352 e. The van der Waals surface area contributed by atoms with E-state index >= 15 is 0 Å². The molecule has 0 aliphatic heterocycles. The van der Waals surface area contributed by atoms with Crippen molar-refractivity contribution in [2.75, 3.05) is 0 Å². The van der Waals surface area contributed by atoms with Gasteiger partial charge < -0.3 is 10.1 Å². The number of carbonyl (C=O) groups is 1. The summed E-state index contributed by atoms with van der Waals surface area (Å²) in [5.74, 6) is -1.01. The highest BCUT2D eigenvalue weighted by Crippen LogP contribution is 2.32. The van der Waals surface area contributed by atoms with Gasteiger partial charge in [-0.05, 0) is 30.3 Å². The molecule has 104 valence electrons. The zero-order chi connectivity index (χ0) is 14.8. The number of benzene rings is 1. The second-order valence-electron chi connectivity index (χ2n) is 4.50. The normalized spacial score (nSPS) is 10.5. The number of hydrogen-bond acceptors (Lipinski definition) is 2. The number of halogens is 1. The number of pyridine rings is 1. The molecule has 0 bridgehead atoms. The van der Waals surface area contributed by atoms with Crippen LogP contribution < -0.4 is 0 Å². The Morgan fingerprint density at radius 2 is 2.00 bits per heavy atom. The fourth-order valence-electron chi connectivity index (χ4n) is 2.17. The maximum absolute atomic E-state index is 11.2. The van der Waals surface area contributed by atoms with E-state index in [1.165, 1.54) is 0 Å². The van der Waals surface area contributed by atoms with E-state index in [0.717, 1.165) is 11.1 Å². The first-order chi connectivity index (χ1) is 10.1. The van der Waals surface area contributed by atoms with E-state index in [1.807, 2.05) is 30.3 Å². The van der Waals surface area contributed by atoms with Crippen LogP contribution in [0.15, 0.2) is 54.7 Å². The summed E-state index contributed by atoms with van der Waals surface area (Å²) in [6, 6.07) is 14.3. The van der Waals surface area contributed by atoms with Crippen molar-refractivity contribution in [2.45, 2.75) is 0 Å². The first-order valence-corrected chi connectivity index (χ1v) is 6.66. The number of aromatic amines is 1. The first-order valence-electron chi connectivity index (χ1n) is 6.29. The van der Waals surface area contributed by atoms with Gasteiger partial charge in [0.2, 0.25) is 0 Å². The Bertz CT molecular complexity index is 797. The molecule has 4 nitrogen and oxygen atoms in total. The van der Waals surface area contributed by atoms with E-state index in [2.05, 4.69) is 9.97 Å². The van der Waals surface area contributed by atoms with Crippen LogP contribution in [0.25, 0.3) is 22.5 Å². The number of nitrogens with one attached hydrogen (secondary N) is 1. The van der Waals surface area contributed by atoms with Gasteiger partial charge in [-0.15, -0.1) is 0 Å². The average Bonchev–Trinajstić information content (AvgIpc) is 2.93. The van der Waals surface area contributed by atoms with Gasteiger partial charge >= 0.3 is 5.97 Å². The number of nitrogens with zero attached hydrogens (tertiary/aromatic N) is 1. The highest BCUT2D eigenvalue weighted by molar-refractivity contribution is 6.30. The minimum absolute atomic E-state index is 0.116. The number of aromatic carboxylic acids is 1. The quantitative estimate of drug-likeness (QED) is 0.765. The molecule has 0 aliphatic carbocycles. The van der Waals surface area contributed by atoms with Crippen molar-refractivity contribution in [1.82, 2.24) is 9.97 Å². The third kappa shape index (κ3) is 2.66. The van der Waals surface area contributed by atoms with Crippen LogP contribution in [-0.2, 0) is 0 Å². The highest BCUT2D eigenvalue weighted by Gasteiger charge is 2.16. The molecule has 0 radical (unpaired) electrons. The third-order valence-electron chi connectivity index (χ3n) is 3.10. The van der Waals surface area contributed by atoms with Crippen molar-refractivity contribution in [2.24, 2.45) is 0 Å². The summed E-state index contributed by atoms with van der Waals surface area (Å²) in [4.78, 5) is 18.4. The predicted octanol–water partition coefficient (Wildman–Crippen LogP) is 4.10. The molecule has 0 spiro atoms. The maximum atomic E-state index is 11.2. The molecule has 0 atom stereocenters. The molecule has 2 heterocycles. The van der Waals surface area contributed by atoms with Gasteiger partial charge in [0.15, 0.2) is 0 Å². The Morgan fingerprint density at radius 1 is 1.14 bits per heavy atom. The molecule has 0 fully saturated rings. The molecule has 5 heteroatoms. The Balaban J connectivity index is 2.21. The van der Waals surface area contributed by atoms with Gasteiger partial charge in [-0.3, -0.25) is 4.98 Å². The Kier molecular flexibility index (Phi) is 3.46. The molecule has 2 N–H and O–H groups in total. The lowest BCUT2D eigenvalue weighted by Crippen LogP contribution is -1.95. The lowest BCUT2D eigenvalue weighted by Gasteiger charge is -2.04. The molecule has 0 unspecified atom stereocenters. The van der Waals surface area contributed by atoms with Gasteiger partial charge in [0, 0.05) is 22.3 Å². The van der Waals surface area contributed by atoms with E-state index < -0.39 is 5.97 Å². The molecule has 3 aromatic rings. The van der Waals surface area contributed by atoms with E-state index in [9.17, 15) is 9.90 Å². The van der Waals surface area contributed by atoms with Crippen LogP contribution in [0.3, 0.4) is 0 Å². The second kappa shape index (κ2) is 5.42. The molecular weight excluding hydrogens is 288 g/mol. The minimum atomic E-state index is -1.01. The van der Waals surface area contributed by atoms with Crippen LogP contribution in [-0.4, -0.2) is 21.0 Å². The molecule has 1 aromatic carbocycles. The highest BCUT2D eigenvalue weighted by atomic mass is 35.5. The summed E-state index contributed by atoms with van der Waals surface area (Å²) < 4.78 is 0. The van der Waals surface area contributed by atoms with E-state index in [4.69, 9.17) is 11.6 Å². The minimum Gasteiger partial charge on any atom is -0.477 e. The Morgan fingerprint density at radius 3 is 2.67 bits per heavy atom. The van der Waals surface area contributed by atoms with E-state index in [1.54, 1.807) is 24.4 Å². The molecule has 0 saturated carbocycles. The third-order valence-corrected chi connectivity index (χ3v) is 3.34. The summed E-state index contributed by atoms with van der Waals surface area (Å²) in [7, 11) is 0. The summed E-state index contributed by atoms with van der Waals surface area (Å²) in [6.07, 6.45) is 1.67. The monoisotopic (exact) mass is 298 g/mol. The van der Waals surface area contributed by atoms with Crippen LogP contribution in [0.1, 0.15) is 10.5 Å². The van der Waals surface area contributed by atoms with E-state index in [-0.39, 0.29) is 5.69 Å². The SMILES string of the molecule is O=C(O)c1cc(-c2ccccn2)c(-c2cccc(Cl)c2)[nH]1. The van der Waals surface area contributed by atoms with Crippen LogP contribution in [0.5, 0.6) is 0 Å². The molecule has 3 rings (SSSR count). The van der Waals surface area contributed by atoms with Crippen molar-refractivity contribution < 1.29 is 9.90 Å². The zero-order valence-electron chi connectivity index (χ0n) is 10.9. The van der Waals surface area contributed by atoms with Gasteiger partial charge in [-0.1, -0.05) is 29.8 Å². The molecular formula is C16H11ClN2O2. The summed E-state index contributed by atoms with van der Waals surface area (Å²) in [6.45, 7) is 0. The number of carboxylic acids is 1. The fourth-order valence-corrected chi connectivity index (χ4v) is 2.36. The Hall–Kier alpha value is -2.59. The van der Waals surface area contributed by atoms with Gasteiger partial charge in [-0.25, -0.2) is 4.79 Å². The van der Waals surface area contributed by atoms with Gasteiger partial charge in [0.25, 0.3) is 0 Å². The van der Waals surface area contributed by atoms with E-state index in [0.29, 0.717) is 16.4 Å². The van der Waals surface area contributed by atoms with Crippen molar-refractivity contribution in [3.8, 4) is 22.5 Å². The molecule has 0 saturated heterocycles. The predicted molar refractivity (Wildman–Crippen MR) is 81.4 cm³/mol. The standard InChI is InChI=1S/C16H11ClN2O2/c17-11-5-3-4-10(8-11)15-12(9-14(19-15)16(20)21)13-6-1-2-7-18-13/h1-9,19H,(H,20,21). The van der Waals surface area contributed by atoms with Crippen LogP contribution in [0.4, 0.5) is 0 Å². The van der Waals surface area contributed by atoms with Gasteiger partial charge in [0.05, 0.1) is 11.4 Å². The fraction of sp³-hybridized carbons (Fsp3) is 0. The Labute approximate surface area is 126 Å². The second-order valence-corrected chi connectivity index (χ2v) is 4.94. The molecule has 21 heavy (non-hydrogen) atoms. The first kappa shape index (κ1) is 13.4. The van der Waals surface area contributed by atoms with Gasteiger partial charge in [-0.2, -0.15) is 0 Å². The number of H-pyrrole nitrogens is 1. The molecule has 2 aromatic heterocycles. The lowest BCUT2D eigenvalue weighted by molar-refractivity contribution is 0.0691. The number of aromatic nitrogens is 2. The zero-order valence-corrected chi connectivity index (χ0v) is 11.6. The summed E-state index contributed by atoms with van der Waals surface area (Å²) in [5.41, 5.74) is 3.06. The van der Waals surface area contributed by atoms with Crippen molar-refractivity contribution in [3.63, 3.8) is 0 Å². The van der Waals surface area contributed by atoms with Crippen LogP contribution in [0.2, 0.25) is 5.02 Å². The number of rotatable bonds is 3. The average molecular weight is 299 g/mol. The van der Waals surface area contributed by atoms with Crippen LogP contribution >= 0.6 is 11.6 Å². The summed E-state index contributed by atoms with van der Waals surface area (Å²) in [5, 5.41) is 9.78. The summed E-state index contributed by atoms with van der Waals surface area (Å²) >= 11 is 6.02. The lowest BCUT2D eigenvalue weighted by atomic mass is 10.1. The topological polar surface area (TPSA) is 66.0 Å².